The van der Waals surface area contributed by atoms with Gasteiger partial charge in [0, 0.05) is 27.8 Å². The van der Waals surface area contributed by atoms with E-state index in [1.807, 2.05) is 49.1 Å². The minimum atomic E-state index is -0.854. The van der Waals surface area contributed by atoms with Crippen molar-refractivity contribution in [1.29, 1.82) is 0 Å². The summed E-state index contributed by atoms with van der Waals surface area (Å²) in [6.07, 6.45) is 0.474. The minimum absolute atomic E-state index is 0.0183. The lowest BCUT2D eigenvalue weighted by molar-refractivity contribution is -0.146. The van der Waals surface area contributed by atoms with Gasteiger partial charge in [0.2, 0.25) is 17.7 Å². The molecule has 2 unspecified atom stereocenters. The third-order valence-corrected chi connectivity index (χ3v) is 9.25. The number of nitrogens with zero attached hydrogens (tertiary/aromatic N) is 2. The Kier molecular flexibility index (Phi) is 14.6. The van der Waals surface area contributed by atoms with Crippen LogP contribution in [0.5, 0.6) is 0 Å². The van der Waals surface area contributed by atoms with E-state index in [1.165, 1.54) is 0 Å². The Labute approximate surface area is 258 Å². The number of aliphatic hydroxyl groups excluding tert-OH is 1. The van der Waals surface area contributed by atoms with E-state index >= 15 is 0 Å². The molecule has 0 bridgehead atoms. The van der Waals surface area contributed by atoms with Gasteiger partial charge in [-0.1, -0.05) is 71.4 Å². The van der Waals surface area contributed by atoms with Gasteiger partial charge in [0.05, 0.1) is 54.8 Å². The summed E-state index contributed by atoms with van der Waals surface area (Å²) in [5, 5.41) is 13.7. The molecule has 1 aromatic rings. The summed E-state index contributed by atoms with van der Waals surface area (Å²) in [5.74, 6) is -1.03. The molecule has 244 valence electrons. The van der Waals surface area contributed by atoms with Gasteiger partial charge < -0.3 is 35.4 Å². The van der Waals surface area contributed by atoms with Crippen LogP contribution in [0.4, 0.5) is 0 Å². The highest BCUT2D eigenvalue weighted by Crippen LogP contribution is 2.30. The van der Waals surface area contributed by atoms with E-state index in [0.717, 1.165) is 18.4 Å². The molecule has 2 rings (SSSR count). The van der Waals surface area contributed by atoms with Crippen LogP contribution in [0.15, 0.2) is 30.3 Å². The van der Waals surface area contributed by atoms with Crippen molar-refractivity contribution in [2.24, 2.45) is 23.5 Å². The molecule has 1 aliphatic heterocycles. The number of amides is 3. The first-order valence-corrected chi connectivity index (χ1v) is 15.7. The number of hydrogen-bond acceptors (Lipinski definition) is 7. The predicted molar refractivity (Wildman–Crippen MR) is 168 cm³/mol. The Balaban J connectivity index is 2.17. The van der Waals surface area contributed by atoms with Gasteiger partial charge in [0.15, 0.2) is 0 Å². The largest absolute Gasteiger partial charge is 0.386 e. The SMILES string of the molecule is CC[C@H](C)[C@@H](C(CC(=O)N1CCC[C@H]1C(OC)[C@@H](C)C(=O)N[C@H](C)[C@@H](O)c1ccccc1)OC)N(C)C(=O)[C@@H](N)C(C)C. The molecule has 1 aromatic carbocycles. The van der Waals surface area contributed by atoms with E-state index in [-0.39, 0.29) is 48.1 Å². The molecule has 1 aliphatic rings. The zero-order chi connectivity index (χ0) is 32.4. The van der Waals surface area contributed by atoms with Gasteiger partial charge in [-0.3, -0.25) is 14.4 Å². The first-order chi connectivity index (χ1) is 20.3. The summed E-state index contributed by atoms with van der Waals surface area (Å²) in [5.41, 5.74) is 6.93. The van der Waals surface area contributed by atoms with E-state index in [1.54, 1.807) is 40.0 Å². The minimum Gasteiger partial charge on any atom is -0.386 e. The van der Waals surface area contributed by atoms with Crippen molar-refractivity contribution in [2.45, 2.75) is 110 Å². The standard InChI is InChI=1S/C33H56N4O6/c1-10-21(4)29(36(7)33(41)28(34)20(2)3)26(42-8)19-27(38)37-18-14-17-25(37)31(43-9)22(5)32(40)35-23(6)30(39)24-15-12-11-13-16-24/h11-13,15-16,20-23,25-26,28-31,39H,10,14,17-19,34H2,1-9H3,(H,35,40)/t21-,22+,23+,25-,26?,28-,29-,30+,31?/m0/s1. The van der Waals surface area contributed by atoms with E-state index < -0.39 is 36.3 Å². The van der Waals surface area contributed by atoms with Crippen LogP contribution >= 0.6 is 0 Å². The number of likely N-dealkylation sites (N-methyl/N-ethyl adjacent to an activating group) is 1. The van der Waals surface area contributed by atoms with Crippen LogP contribution < -0.4 is 11.1 Å². The molecule has 3 amide bonds. The van der Waals surface area contributed by atoms with Crippen molar-refractivity contribution in [3.05, 3.63) is 35.9 Å². The summed E-state index contributed by atoms with van der Waals surface area (Å²) >= 11 is 0. The van der Waals surface area contributed by atoms with Crippen molar-refractivity contribution in [1.82, 2.24) is 15.1 Å². The number of methoxy groups -OCH3 is 2. The van der Waals surface area contributed by atoms with Crippen molar-refractivity contribution in [3.63, 3.8) is 0 Å². The van der Waals surface area contributed by atoms with Crippen LogP contribution in [-0.2, 0) is 23.9 Å². The van der Waals surface area contributed by atoms with Gasteiger partial charge in [0.1, 0.15) is 0 Å². The maximum atomic E-state index is 13.8. The lowest BCUT2D eigenvalue weighted by atomic mass is 9.89. The van der Waals surface area contributed by atoms with Crippen LogP contribution in [0.1, 0.15) is 78.9 Å². The van der Waals surface area contributed by atoms with Gasteiger partial charge in [-0.15, -0.1) is 0 Å². The number of nitrogens with one attached hydrogen (secondary N) is 1. The summed E-state index contributed by atoms with van der Waals surface area (Å²) in [7, 11) is 4.88. The maximum absolute atomic E-state index is 13.8. The van der Waals surface area contributed by atoms with Crippen LogP contribution in [-0.4, -0.2) is 96.8 Å². The molecule has 1 heterocycles. The molecule has 9 atom stereocenters. The number of benzene rings is 1. The second-order valence-corrected chi connectivity index (χ2v) is 12.5. The molecule has 10 nitrogen and oxygen atoms in total. The Hall–Kier alpha value is -2.53. The number of carbonyl (C=O) groups excluding carboxylic acids is 3. The number of nitrogens with two attached hydrogens (primary N) is 1. The Morgan fingerprint density at radius 2 is 1.72 bits per heavy atom. The molecule has 1 fully saturated rings. The fourth-order valence-electron chi connectivity index (χ4n) is 6.20. The second kappa shape index (κ2) is 17.1. The van der Waals surface area contributed by atoms with E-state index in [4.69, 9.17) is 15.2 Å². The molecule has 1 saturated heterocycles. The number of rotatable bonds is 16. The third kappa shape index (κ3) is 9.23. The quantitative estimate of drug-likeness (QED) is 0.264. The first-order valence-electron chi connectivity index (χ1n) is 15.7. The fourth-order valence-corrected chi connectivity index (χ4v) is 6.20. The second-order valence-electron chi connectivity index (χ2n) is 12.5. The van der Waals surface area contributed by atoms with Crippen molar-refractivity contribution in [2.75, 3.05) is 27.8 Å². The highest BCUT2D eigenvalue weighted by Gasteiger charge is 2.42. The summed E-state index contributed by atoms with van der Waals surface area (Å²) < 4.78 is 11.7. The van der Waals surface area contributed by atoms with E-state index in [0.29, 0.717) is 13.0 Å². The topological polar surface area (TPSA) is 134 Å². The molecular weight excluding hydrogens is 548 g/mol. The monoisotopic (exact) mass is 604 g/mol. The summed E-state index contributed by atoms with van der Waals surface area (Å²) in [6, 6.07) is 7.43. The molecule has 0 spiro atoms. The molecule has 43 heavy (non-hydrogen) atoms. The average Bonchev–Trinajstić information content (AvgIpc) is 3.49. The highest BCUT2D eigenvalue weighted by molar-refractivity contribution is 5.83. The summed E-state index contributed by atoms with van der Waals surface area (Å²) in [4.78, 5) is 43.8. The Morgan fingerprint density at radius 1 is 1.09 bits per heavy atom. The fraction of sp³-hybridized carbons (Fsp3) is 0.727. The number of hydrogen-bond donors (Lipinski definition) is 3. The molecule has 0 aromatic heterocycles. The highest BCUT2D eigenvalue weighted by atomic mass is 16.5. The average molecular weight is 605 g/mol. The van der Waals surface area contributed by atoms with Crippen LogP contribution in [0.3, 0.4) is 0 Å². The smallest absolute Gasteiger partial charge is 0.239 e. The molecule has 0 aliphatic carbocycles. The van der Waals surface area contributed by atoms with E-state index in [9.17, 15) is 19.5 Å². The zero-order valence-electron chi connectivity index (χ0n) is 27.7. The number of ether oxygens (including phenoxy) is 2. The summed E-state index contributed by atoms with van der Waals surface area (Å²) in [6.45, 7) is 12.1. The van der Waals surface area contributed by atoms with Gasteiger partial charge in [-0.25, -0.2) is 0 Å². The lowest BCUT2D eigenvalue weighted by Gasteiger charge is -2.40. The molecule has 4 N–H and O–H groups in total. The number of aliphatic hydroxyl groups is 1. The molecular formula is C33H56N4O6. The normalized spacial score (nSPS) is 20.9. The predicted octanol–water partition coefficient (Wildman–Crippen LogP) is 3.13. The number of likely N-dealkylation sites (tertiary alicyclic amines) is 1. The van der Waals surface area contributed by atoms with Gasteiger partial charge in [-0.05, 0) is 37.2 Å². The van der Waals surface area contributed by atoms with Crippen molar-refractivity contribution in [3.8, 4) is 0 Å². The van der Waals surface area contributed by atoms with Crippen LogP contribution in [0.25, 0.3) is 0 Å². The first kappa shape index (κ1) is 36.7. The van der Waals surface area contributed by atoms with Crippen LogP contribution in [0, 0.1) is 17.8 Å². The third-order valence-electron chi connectivity index (χ3n) is 9.25. The molecule has 0 radical (unpaired) electrons. The molecule has 10 heteroatoms. The number of carbonyl (C=O) groups is 3. The van der Waals surface area contributed by atoms with Crippen molar-refractivity contribution >= 4 is 17.7 Å². The molecule has 0 saturated carbocycles. The van der Waals surface area contributed by atoms with Crippen molar-refractivity contribution < 1.29 is 29.0 Å². The van der Waals surface area contributed by atoms with Gasteiger partial charge in [-0.2, -0.15) is 0 Å². The lowest BCUT2D eigenvalue weighted by Crippen LogP contribution is -2.56. The van der Waals surface area contributed by atoms with Gasteiger partial charge in [0.25, 0.3) is 0 Å². The Bertz CT molecular complexity index is 1020. The van der Waals surface area contributed by atoms with Crippen LogP contribution in [0.2, 0.25) is 0 Å². The Morgan fingerprint density at radius 3 is 2.26 bits per heavy atom. The maximum Gasteiger partial charge on any atom is 0.239 e. The van der Waals surface area contributed by atoms with Gasteiger partial charge >= 0.3 is 0 Å². The zero-order valence-corrected chi connectivity index (χ0v) is 27.7. The van der Waals surface area contributed by atoms with E-state index in [2.05, 4.69) is 19.2 Å².